The lowest BCUT2D eigenvalue weighted by Gasteiger charge is -2.16. The van der Waals surface area contributed by atoms with Crippen molar-refractivity contribution in [1.82, 2.24) is 4.98 Å². The Morgan fingerprint density at radius 1 is 1.25 bits per heavy atom. The van der Waals surface area contributed by atoms with Crippen LogP contribution in [-0.4, -0.2) is 21.2 Å². The Balaban J connectivity index is 2.13. The molecule has 9 nitrogen and oxygen atoms in total. The van der Waals surface area contributed by atoms with E-state index in [1.54, 1.807) is 18.3 Å². The molecule has 2 heterocycles. The molecule has 1 unspecified atom stereocenters. The molecule has 1 atom stereocenters. The molecule has 0 saturated carbocycles. The Morgan fingerprint density at radius 2 is 2.05 bits per heavy atom. The number of nitro groups is 2. The number of H-pyrrole nitrogens is 1. The van der Waals surface area contributed by atoms with E-state index in [2.05, 4.69) is 4.98 Å². The first-order chi connectivity index (χ1) is 9.58. The minimum Gasteiger partial charge on any atom is -0.411 e. The van der Waals surface area contributed by atoms with Gasteiger partial charge in [-0.2, -0.15) is 0 Å². The number of non-ortho nitro benzene ring substituents is 1. The van der Waals surface area contributed by atoms with Gasteiger partial charge < -0.3 is 9.72 Å². The van der Waals surface area contributed by atoms with Gasteiger partial charge in [-0.3, -0.25) is 20.2 Å². The number of nitro benzene ring substituents is 1. The van der Waals surface area contributed by atoms with Gasteiger partial charge in [0.2, 0.25) is 0 Å². The first-order valence-electron chi connectivity index (χ1n) is 5.59. The molecule has 2 aromatic rings. The summed E-state index contributed by atoms with van der Waals surface area (Å²) >= 11 is 0. The summed E-state index contributed by atoms with van der Waals surface area (Å²) in [5, 5.41) is 21.9. The molecule has 0 spiro atoms. The lowest BCUT2D eigenvalue weighted by atomic mass is 10.2. The van der Waals surface area contributed by atoms with Crippen LogP contribution in [0.2, 0.25) is 0 Å². The van der Waals surface area contributed by atoms with Crippen LogP contribution in [0, 0.1) is 20.2 Å². The Morgan fingerprint density at radius 3 is 2.65 bits per heavy atom. The summed E-state index contributed by atoms with van der Waals surface area (Å²) < 4.78 is 5.22. The summed E-state index contributed by atoms with van der Waals surface area (Å²) in [7, 11) is 0. The third-order valence-corrected chi connectivity index (χ3v) is 2.89. The minimum atomic E-state index is -1.45. The van der Waals surface area contributed by atoms with Crippen LogP contribution in [-0.2, 0) is 0 Å². The number of anilines is 2. The van der Waals surface area contributed by atoms with E-state index in [0.29, 0.717) is 5.82 Å². The van der Waals surface area contributed by atoms with E-state index in [9.17, 15) is 20.2 Å². The molecule has 0 fully saturated rings. The molecule has 20 heavy (non-hydrogen) atoms. The quantitative estimate of drug-likeness (QED) is 0.677. The summed E-state index contributed by atoms with van der Waals surface area (Å²) in [6, 6.07) is 7.14. The maximum absolute atomic E-state index is 11.1. The van der Waals surface area contributed by atoms with Crippen molar-refractivity contribution in [3.05, 3.63) is 56.8 Å². The van der Waals surface area contributed by atoms with Gasteiger partial charge in [0.05, 0.1) is 9.85 Å². The summed E-state index contributed by atoms with van der Waals surface area (Å²) in [6.07, 6.45) is 0.146. The molecule has 1 aromatic heterocycles. The Bertz CT molecular complexity index is 684. The van der Waals surface area contributed by atoms with Crippen LogP contribution in [0.4, 0.5) is 17.2 Å². The van der Waals surface area contributed by atoms with Crippen molar-refractivity contribution >= 4 is 17.2 Å². The molecule has 102 valence electrons. The fourth-order valence-corrected chi connectivity index (χ4v) is 2.05. The Hall–Kier alpha value is -3.10. The molecule has 1 aromatic carbocycles. The van der Waals surface area contributed by atoms with Crippen LogP contribution in [0.25, 0.3) is 0 Å². The van der Waals surface area contributed by atoms with Gasteiger partial charge in [0.1, 0.15) is 11.5 Å². The van der Waals surface area contributed by atoms with Gasteiger partial charge in [0, 0.05) is 18.3 Å². The maximum Gasteiger partial charge on any atom is 0.446 e. The van der Waals surface area contributed by atoms with Gasteiger partial charge in [-0.25, -0.2) is 4.90 Å². The Kier molecular flexibility index (Phi) is 2.53. The molecule has 0 saturated heterocycles. The van der Waals surface area contributed by atoms with Crippen molar-refractivity contribution in [1.29, 1.82) is 0 Å². The smallest absolute Gasteiger partial charge is 0.411 e. The number of nitrogens with zero attached hydrogens (tertiary/aromatic N) is 3. The molecule has 1 N–H and O–H groups in total. The molecule has 0 aliphatic carbocycles. The largest absolute Gasteiger partial charge is 0.446 e. The average Bonchev–Trinajstić information content (AvgIpc) is 3.03. The van der Waals surface area contributed by atoms with E-state index in [1.807, 2.05) is 0 Å². The van der Waals surface area contributed by atoms with Crippen LogP contribution >= 0.6 is 0 Å². The summed E-state index contributed by atoms with van der Waals surface area (Å²) in [6.45, 7) is 0. The van der Waals surface area contributed by atoms with Gasteiger partial charge >= 0.3 is 6.35 Å². The molecule has 0 amide bonds. The van der Waals surface area contributed by atoms with Gasteiger partial charge in [-0.05, 0) is 18.2 Å². The second kappa shape index (κ2) is 4.23. The minimum absolute atomic E-state index is 0.159. The second-order valence-corrected chi connectivity index (χ2v) is 4.06. The fraction of sp³-hybridized carbons (Fsp3) is 0.0909. The highest BCUT2D eigenvalue weighted by Gasteiger charge is 2.42. The van der Waals surface area contributed by atoms with Crippen LogP contribution in [0.15, 0.2) is 36.5 Å². The highest BCUT2D eigenvalue weighted by molar-refractivity contribution is 5.72. The van der Waals surface area contributed by atoms with E-state index in [1.165, 1.54) is 23.1 Å². The lowest BCUT2D eigenvalue weighted by Crippen LogP contribution is -2.37. The molecular weight excluding hydrogens is 268 g/mol. The fourth-order valence-electron chi connectivity index (χ4n) is 2.05. The number of rotatable bonds is 3. The number of aromatic nitrogens is 1. The third-order valence-electron chi connectivity index (χ3n) is 2.89. The number of aromatic amines is 1. The van der Waals surface area contributed by atoms with Gasteiger partial charge in [0.15, 0.2) is 5.75 Å². The molecule has 0 radical (unpaired) electrons. The van der Waals surface area contributed by atoms with E-state index in [-0.39, 0.29) is 17.1 Å². The molecule has 3 rings (SSSR count). The van der Waals surface area contributed by atoms with Crippen molar-refractivity contribution in [2.75, 3.05) is 4.90 Å². The van der Waals surface area contributed by atoms with E-state index < -0.39 is 16.2 Å². The number of ether oxygens (including phenoxy) is 1. The van der Waals surface area contributed by atoms with Gasteiger partial charge in [-0.1, -0.05) is 0 Å². The number of benzene rings is 1. The first-order valence-corrected chi connectivity index (χ1v) is 5.59. The van der Waals surface area contributed by atoms with Crippen LogP contribution in [0.1, 0.15) is 0 Å². The molecule has 9 heteroatoms. The van der Waals surface area contributed by atoms with Crippen LogP contribution in [0.5, 0.6) is 5.75 Å². The second-order valence-electron chi connectivity index (χ2n) is 4.06. The van der Waals surface area contributed by atoms with Gasteiger partial charge in [-0.15, -0.1) is 0 Å². The lowest BCUT2D eigenvalue weighted by molar-refractivity contribution is -0.557. The standard InChI is InChI=1S/C11H8N4O5/c16-14(17)7-3-4-9-8(6-7)13(10-2-1-5-12-10)11(20-9)15(18)19/h1-6,11-12H. The highest BCUT2D eigenvalue weighted by Crippen LogP contribution is 2.43. The van der Waals surface area contributed by atoms with Crippen molar-refractivity contribution in [3.63, 3.8) is 0 Å². The number of hydrogen-bond donors (Lipinski definition) is 1. The first kappa shape index (κ1) is 12.0. The van der Waals surface area contributed by atoms with Crippen molar-refractivity contribution in [2.45, 2.75) is 6.35 Å². The van der Waals surface area contributed by atoms with E-state index in [0.717, 1.165) is 0 Å². The maximum atomic E-state index is 11.1. The third kappa shape index (κ3) is 1.72. The average molecular weight is 276 g/mol. The number of fused-ring (bicyclic) bond motifs is 1. The van der Waals surface area contributed by atoms with Crippen molar-refractivity contribution in [2.24, 2.45) is 0 Å². The summed E-state index contributed by atoms with van der Waals surface area (Å²) in [5.74, 6) is 0.651. The Labute approximate surface area is 111 Å². The SMILES string of the molecule is O=[N+]([O-])c1ccc2c(c1)N(c1ccc[nH]1)C([N+](=O)[O-])O2. The molecule has 1 aliphatic heterocycles. The zero-order valence-electron chi connectivity index (χ0n) is 9.92. The van der Waals surface area contributed by atoms with E-state index >= 15 is 0 Å². The summed E-state index contributed by atoms with van der Waals surface area (Å²) in [5.41, 5.74) is 0.122. The predicted octanol–water partition coefficient (Wildman–Crippen LogP) is 2.01. The van der Waals surface area contributed by atoms with E-state index in [4.69, 9.17) is 4.74 Å². The van der Waals surface area contributed by atoms with Crippen LogP contribution < -0.4 is 9.64 Å². The normalized spacial score (nSPS) is 16.6. The topological polar surface area (TPSA) is 115 Å². The molecule has 0 bridgehead atoms. The summed E-state index contributed by atoms with van der Waals surface area (Å²) in [4.78, 5) is 24.8. The highest BCUT2D eigenvalue weighted by atomic mass is 16.7. The van der Waals surface area contributed by atoms with Crippen molar-refractivity contribution in [3.8, 4) is 5.75 Å². The zero-order valence-corrected chi connectivity index (χ0v) is 9.92. The zero-order chi connectivity index (χ0) is 14.3. The number of hydrogen-bond acceptors (Lipinski definition) is 6. The van der Waals surface area contributed by atoms with Crippen LogP contribution in [0.3, 0.4) is 0 Å². The molecule has 1 aliphatic rings. The van der Waals surface area contributed by atoms with Gasteiger partial charge in [0.25, 0.3) is 5.69 Å². The van der Waals surface area contributed by atoms with Crippen molar-refractivity contribution < 1.29 is 14.6 Å². The predicted molar refractivity (Wildman–Crippen MR) is 67.4 cm³/mol. The number of nitrogens with one attached hydrogen (secondary N) is 1. The monoisotopic (exact) mass is 276 g/mol. The molecular formula is C11H8N4O5.